The molecule has 0 radical (unpaired) electrons. The van der Waals surface area contributed by atoms with Crippen LogP contribution >= 0.6 is 27.3 Å². The molecule has 0 aromatic carbocycles. The van der Waals surface area contributed by atoms with Gasteiger partial charge in [-0.25, -0.2) is 4.98 Å². The van der Waals surface area contributed by atoms with Gasteiger partial charge in [-0.15, -0.1) is 11.3 Å². The lowest BCUT2D eigenvalue weighted by Crippen LogP contribution is -2.12. The topological polar surface area (TPSA) is 34.4 Å². The number of hydrogen-bond donors (Lipinski definition) is 0. The van der Waals surface area contributed by atoms with E-state index in [0.717, 1.165) is 10.7 Å². The van der Waals surface area contributed by atoms with Crippen LogP contribution in [-0.4, -0.2) is 9.38 Å². The number of rotatable bonds is 1. The third kappa shape index (κ3) is 1.53. The molecule has 0 amide bonds. The second kappa shape index (κ2) is 3.23. The molecule has 2 rings (SSSR count). The minimum atomic E-state index is -0.0208. The molecule has 13 heavy (non-hydrogen) atoms. The number of hydrogen-bond acceptors (Lipinski definition) is 3. The molecule has 0 aliphatic carbocycles. The molecule has 1 atom stereocenters. The molecule has 2 aromatic heterocycles. The number of fused-ring (bicyclic) bond motifs is 1. The van der Waals surface area contributed by atoms with Crippen LogP contribution in [0, 0.1) is 0 Å². The van der Waals surface area contributed by atoms with Crippen molar-refractivity contribution in [3.05, 3.63) is 33.7 Å². The monoisotopic (exact) mass is 258 g/mol. The van der Waals surface area contributed by atoms with Crippen LogP contribution in [-0.2, 0) is 0 Å². The first-order valence-electron chi connectivity index (χ1n) is 3.79. The van der Waals surface area contributed by atoms with E-state index in [9.17, 15) is 4.79 Å². The van der Waals surface area contributed by atoms with E-state index in [-0.39, 0.29) is 10.4 Å². The first-order chi connectivity index (χ1) is 6.18. The molecular weight excluding hydrogens is 252 g/mol. The molecule has 68 valence electrons. The average Bonchev–Trinajstić information content (AvgIpc) is 2.51. The Morgan fingerprint density at radius 3 is 3.15 bits per heavy atom. The first-order valence-corrected chi connectivity index (χ1v) is 5.59. The van der Waals surface area contributed by atoms with Crippen molar-refractivity contribution in [2.75, 3.05) is 0 Å². The van der Waals surface area contributed by atoms with E-state index in [1.54, 1.807) is 16.7 Å². The maximum atomic E-state index is 11.5. The number of aromatic nitrogens is 2. The van der Waals surface area contributed by atoms with Crippen LogP contribution in [0.5, 0.6) is 0 Å². The zero-order valence-corrected chi connectivity index (χ0v) is 9.30. The quantitative estimate of drug-likeness (QED) is 0.736. The summed E-state index contributed by atoms with van der Waals surface area (Å²) < 4.78 is 1.55. The smallest absolute Gasteiger partial charge is 0.258 e. The molecule has 0 N–H and O–H groups in total. The highest BCUT2D eigenvalue weighted by Crippen LogP contribution is 2.19. The van der Waals surface area contributed by atoms with Crippen LogP contribution in [0.1, 0.15) is 17.4 Å². The molecule has 5 heteroatoms. The Kier molecular flexibility index (Phi) is 2.21. The second-order valence-electron chi connectivity index (χ2n) is 2.69. The van der Waals surface area contributed by atoms with Gasteiger partial charge in [0.1, 0.15) is 0 Å². The minimum absolute atomic E-state index is 0.0208. The standard InChI is InChI=1S/C8H7BrN2OS/c1-5(9)6-4-7(12)11-2-3-13-8(11)10-6/h2-5H,1H3. The van der Waals surface area contributed by atoms with Crippen molar-refractivity contribution < 1.29 is 0 Å². The molecule has 0 fully saturated rings. The van der Waals surface area contributed by atoms with Gasteiger partial charge in [0, 0.05) is 17.6 Å². The zero-order valence-electron chi connectivity index (χ0n) is 6.90. The van der Waals surface area contributed by atoms with Gasteiger partial charge in [0.15, 0.2) is 4.96 Å². The molecule has 0 aliphatic heterocycles. The predicted octanol–water partition coefficient (Wildman–Crippen LogP) is 2.21. The summed E-state index contributed by atoms with van der Waals surface area (Å²) in [6.45, 7) is 1.95. The van der Waals surface area contributed by atoms with Crippen molar-refractivity contribution in [3.8, 4) is 0 Å². The van der Waals surface area contributed by atoms with Crippen molar-refractivity contribution in [2.24, 2.45) is 0 Å². The highest BCUT2D eigenvalue weighted by molar-refractivity contribution is 9.09. The lowest BCUT2D eigenvalue weighted by Gasteiger charge is -2.01. The van der Waals surface area contributed by atoms with Gasteiger partial charge in [0.2, 0.25) is 0 Å². The van der Waals surface area contributed by atoms with E-state index in [1.165, 1.54) is 11.3 Å². The second-order valence-corrected chi connectivity index (χ2v) is 4.94. The third-order valence-electron chi connectivity index (χ3n) is 1.73. The van der Waals surface area contributed by atoms with Gasteiger partial charge in [0.25, 0.3) is 5.56 Å². The number of thiazole rings is 1. The van der Waals surface area contributed by atoms with Gasteiger partial charge in [-0.3, -0.25) is 9.20 Å². The van der Waals surface area contributed by atoms with Crippen molar-refractivity contribution in [1.82, 2.24) is 9.38 Å². The summed E-state index contributed by atoms with van der Waals surface area (Å²) in [5.41, 5.74) is 0.764. The van der Waals surface area contributed by atoms with Crippen molar-refractivity contribution in [2.45, 2.75) is 11.8 Å². The van der Waals surface area contributed by atoms with E-state index in [0.29, 0.717) is 0 Å². The lowest BCUT2D eigenvalue weighted by molar-refractivity contribution is 0.977. The highest BCUT2D eigenvalue weighted by Gasteiger charge is 2.06. The van der Waals surface area contributed by atoms with Gasteiger partial charge < -0.3 is 0 Å². The highest BCUT2D eigenvalue weighted by atomic mass is 79.9. The summed E-state index contributed by atoms with van der Waals surface area (Å²) in [5, 5.41) is 1.85. The van der Waals surface area contributed by atoms with Crippen LogP contribution < -0.4 is 5.56 Å². The van der Waals surface area contributed by atoms with Crippen molar-refractivity contribution >= 4 is 32.2 Å². The fourth-order valence-corrected chi connectivity index (χ4v) is 2.02. The maximum absolute atomic E-state index is 11.5. The summed E-state index contributed by atoms with van der Waals surface area (Å²) in [6, 6.07) is 1.55. The fourth-order valence-electron chi connectivity index (χ4n) is 1.06. The summed E-state index contributed by atoms with van der Waals surface area (Å²) in [6.07, 6.45) is 1.73. The largest absolute Gasteiger partial charge is 0.269 e. The van der Waals surface area contributed by atoms with Crippen LogP contribution in [0.2, 0.25) is 0 Å². The molecular formula is C8H7BrN2OS. The van der Waals surface area contributed by atoms with E-state index in [1.807, 2.05) is 12.3 Å². The zero-order chi connectivity index (χ0) is 9.42. The van der Waals surface area contributed by atoms with Gasteiger partial charge in [-0.2, -0.15) is 0 Å². The Bertz CT molecular complexity index is 488. The molecule has 2 aromatic rings. The molecule has 0 saturated heterocycles. The summed E-state index contributed by atoms with van der Waals surface area (Å²) in [7, 11) is 0. The van der Waals surface area contributed by atoms with Crippen LogP contribution in [0.4, 0.5) is 0 Å². The van der Waals surface area contributed by atoms with E-state index >= 15 is 0 Å². The van der Waals surface area contributed by atoms with Gasteiger partial charge in [-0.05, 0) is 6.92 Å². The molecule has 1 unspecified atom stereocenters. The summed E-state index contributed by atoms with van der Waals surface area (Å²) >= 11 is 4.85. The molecule has 3 nitrogen and oxygen atoms in total. The minimum Gasteiger partial charge on any atom is -0.269 e. The van der Waals surface area contributed by atoms with Gasteiger partial charge in [0.05, 0.1) is 10.5 Å². The summed E-state index contributed by atoms with van der Waals surface area (Å²) in [4.78, 5) is 16.7. The molecule has 0 bridgehead atoms. The van der Waals surface area contributed by atoms with Crippen LogP contribution in [0.3, 0.4) is 0 Å². The summed E-state index contributed by atoms with van der Waals surface area (Å²) in [5.74, 6) is 0. The SMILES string of the molecule is CC(Br)c1cc(=O)n2ccsc2n1. The average molecular weight is 259 g/mol. The van der Waals surface area contributed by atoms with Gasteiger partial charge >= 0.3 is 0 Å². The molecule has 0 spiro atoms. The third-order valence-corrected chi connectivity index (χ3v) is 2.96. The Hall–Kier alpha value is -0.680. The Labute approximate surface area is 87.2 Å². The molecule has 0 saturated carbocycles. The Morgan fingerprint density at radius 1 is 1.69 bits per heavy atom. The molecule has 2 heterocycles. The normalized spacial score (nSPS) is 13.4. The van der Waals surface area contributed by atoms with Gasteiger partial charge in [-0.1, -0.05) is 15.9 Å². The predicted molar refractivity (Wildman–Crippen MR) is 56.7 cm³/mol. The van der Waals surface area contributed by atoms with E-state index in [2.05, 4.69) is 20.9 Å². The Morgan fingerprint density at radius 2 is 2.46 bits per heavy atom. The number of alkyl halides is 1. The van der Waals surface area contributed by atoms with Crippen LogP contribution in [0.25, 0.3) is 4.96 Å². The molecule has 0 aliphatic rings. The van der Waals surface area contributed by atoms with E-state index < -0.39 is 0 Å². The van der Waals surface area contributed by atoms with Crippen molar-refractivity contribution in [1.29, 1.82) is 0 Å². The Balaban J connectivity index is 2.77. The first kappa shape index (κ1) is 8.90. The van der Waals surface area contributed by atoms with E-state index in [4.69, 9.17) is 0 Å². The fraction of sp³-hybridized carbons (Fsp3) is 0.250. The van der Waals surface area contributed by atoms with Crippen molar-refractivity contribution in [3.63, 3.8) is 0 Å². The van der Waals surface area contributed by atoms with Crippen LogP contribution in [0.15, 0.2) is 22.4 Å². The number of halogens is 1. The number of nitrogens with zero attached hydrogens (tertiary/aromatic N) is 2. The maximum Gasteiger partial charge on any atom is 0.258 e. The lowest BCUT2D eigenvalue weighted by atomic mass is 10.3.